The SMILES string of the molecule is CCC1CCCCN1c1ccnc(NCc2ccccn2)n1. The Bertz CT molecular complexity index is 587. The van der Waals surface area contributed by atoms with E-state index in [0.29, 0.717) is 18.5 Å². The average Bonchev–Trinajstić information content (AvgIpc) is 2.61. The molecule has 0 saturated carbocycles. The number of nitrogens with zero attached hydrogens (tertiary/aromatic N) is 4. The first-order valence-corrected chi connectivity index (χ1v) is 8.10. The lowest BCUT2D eigenvalue weighted by Gasteiger charge is -2.36. The molecule has 0 bridgehead atoms. The van der Waals surface area contributed by atoms with Gasteiger partial charge in [0.25, 0.3) is 0 Å². The topological polar surface area (TPSA) is 53.9 Å². The molecule has 0 amide bonds. The minimum Gasteiger partial charge on any atom is -0.353 e. The van der Waals surface area contributed by atoms with Crippen LogP contribution in [0.3, 0.4) is 0 Å². The number of pyridine rings is 1. The number of hydrogen-bond acceptors (Lipinski definition) is 5. The van der Waals surface area contributed by atoms with Gasteiger partial charge in [0.2, 0.25) is 5.95 Å². The standard InChI is InChI=1S/C17H23N5/c1-2-15-8-4-6-12-22(15)16-9-11-19-17(21-16)20-13-14-7-3-5-10-18-14/h3,5,7,9-11,15H,2,4,6,8,12-13H2,1H3,(H,19,20,21). The molecule has 3 rings (SSSR count). The fraction of sp³-hybridized carbons (Fsp3) is 0.471. The number of rotatable bonds is 5. The lowest BCUT2D eigenvalue weighted by molar-refractivity contribution is 0.447. The first kappa shape index (κ1) is 14.8. The summed E-state index contributed by atoms with van der Waals surface area (Å²) < 4.78 is 0. The fourth-order valence-corrected chi connectivity index (χ4v) is 2.99. The Kier molecular flexibility index (Phi) is 4.83. The van der Waals surface area contributed by atoms with Gasteiger partial charge in [-0.1, -0.05) is 13.0 Å². The number of hydrogen-bond donors (Lipinski definition) is 1. The number of piperidine rings is 1. The summed E-state index contributed by atoms with van der Waals surface area (Å²) in [7, 11) is 0. The molecular weight excluding hydrogens is 274 g/mol. The van der Waals surface area contributed by atoms with Crippen LogP contribution in [-0.4, -0.2) is 27.5 Å². The Balaban J connectivity index is 1.69. The summed E-state index contributed by atoms with van der Waals surface area (Å²) in [6.45, 7) is 3.99. The molecule has 1 saturated heterocycles. The molecule has 5 nitrogen and oxygen atoms in total. The predicted octanol–water partition coefficient (Wildman–Crippen LogP) is 3.25. The van der Waals surface area contributed by atoms with Crippen LogP contribution in [-0.2, 0) is 6.54 Å². The summed E-state index contributed by atoms with van der Waals surface area (Å²) in [5.41, 5.74) is 0.987. The van der Waals surface area contributed by atoms with Gasteiger partial charge in [0.1, 0.15) is 5.82 Å². The van der Waals surface area contributed by atoms with Crippen LogP contribution in [0.2, 0.25) is 0 Å². The lowest BCUT2D eigenvalue weighted by Crippen LogP contribution is -2.39. The first-order chi connectivity index (χ1) is 10.9. The van der Waals surface area contributed by atoms with Crippen LogP contribution < -0.4 is 10.2 Å². The largest absolute Gasteiger partial charge is 0.353 e. The van der Waals surface area contributed by atoms with Crippen LogP contribution in [0.25, 0.3) is 0 Å². The average molecular weight is 297 g/mol. The third-order valence-corrected chi connectivity index (χ3v) is 4.19. The molecule has 1 atom stereocenters. The molecule has 0 radical (unpaired) electrons. The van der Waals surface area contributed by atoms with Gasteiger partial charge in [0.15, 0.2) is 0 Å². The van der Waals surface area contributed by atoms with E-state index in [0.717, 1.165) is 18.1 Å². The number of nitrogens with one attached hydrogen (secondary N) is 1. The smallest absolute Gasteiger partial charge is 0.224 e. The maximum Gasteiger partial charge on any atom is 0.224 e. The van der Waals surface area contributed by atoms with Gasteiger partial charge in [-0.15, -0.1) is 0 Å². The highest BCUT2D eigenvalue weighted by Crippen LogP contribution is 2.25. The van der Waals surface area contributed by atoms with E-state index in [4.69, 9.17) is 0 Å². The molecule has 1 N–H and O–H groups in total. The molecule has 1 aliphatic heterocycles. The minimum absolute atomic E-state index is 0.604. The van der Waals surface area contributed by atoms with Crippen molar-refractivity contribution in [1.82, 2.24) is 15.0 Å². The van der Waals surface area contributed by atoms with Crippen LogP contribution >= 0.6 is 0 Å². The maximum absolute atomic E-state index is 4.69. The summed E-state index contributed by atoms with van der Waals surface area (Å²) in [5, 5.41) is 3.26. The van der Waals surface area contributed by atoms with Crippen LogP contribution in [0, 0.1) is 0 Å². The van der Waals surface area contributed by atoms with E-state index in [1.807, 2.05) is 30.5 Å². The molecule has 0 spiro atoms. The fourth-order valence-electron chi connectivity index (χ4n) is 2.99. The summed E-state index contributed by atoms with van der Waals surface area (Å²) in [6, 6.07) is 8.52. The Morgan fingerprint density at radius 3 is 2.95 bits per heavy atom. The van der Waals surface area contributed by atoms with Crippen LogP contribution in [0.5, 0.6) is 0 Å². The second-order valence-corrected chi connectivity index (χ2v) is 5.66. The molecule has 3 heterocycles. The highest BCUT2D eigenvalue weighted by molar-refractivity contribution is 5.44. The minimum atomic E-state index is 0.604. The zero-order chi connectivity index (χ0) is 15.2. The van der Waals surface area contributed by atoms with Gasteiger partial charge in [0, 0.05) is 25.0 Å². The van der Waals surface area contributed by atoms with Crippen molar-refractivity contribution in [3.63, 3.8) is 0 Å². The normalized spacial score (nSPS) is 18.2. The third-order valence-electron chi connectivity index (χ3n) is 4.19. The molecule has 1 unspecified atom stereocenters. The summed E-state index contributed by atoms with van der Waals surface area (Å²) in [6.07, 6.45) is 8.64. The van der Waals surface area contributed by atoms with E-state index in [1.54, 1.807) is 6.20 Å². The van der Waals surface area contributed by atoms with Crippen molar-refractivity contribution in [2.45, 2.75) is 45.2 Å². The maximum atomic E-state index is 4.69. The van der Waals surface area contributed by atoms with E-state index in [1.165, 1.54) is 25.7 Å². The molecule has 22 heavy (non-hydrogen) atoms. The monoisotopic (exact) mass is 297 g/mol. The zero-order valence-corrected chi connectivity index (χ0v) is 13.1. The Labute approximate surface area is 131 Å². The Morgan fingerprint density at radius 1 is 1.18 bits per heavy atom. The Hall–Kier alpha value is -2.17. The molecule has 5 heteroatoms. The van der Waals surface area contributed by atoms with Crippen molar-refractivity contribution in [3.8, 4) is 0 Å². The zero-order valence-electron chi connectivity index (χ0n) is 13.1. The van der Waals surface area contributed by atoms with Crippen molar-refractivity contribution >= 4 is 11.8 Å². The number of anilines is 2. The van der Waals surface area contributed by atoms with Crippen molar-refractivity contribution < 1.29 is 0 Å². The van der Waals surface area contributed by atoms with Crippen molar-refractivity contribution in [3.05, 3.63) is 42.4 Å². The van der Waals surface area contributed by atoms with Gasteiger partial charge in [-0.2, -0.15) is 4.98 Å². The van der Waals surface area contributed by atoms with E-state index >= 15 is 0 Å². The molecule has 0 aliphatic carbocycles. The molecule has 1 fully saturated rings. The summed E-state index contributed by atoms with van der Waals surface area (Å²) >= 11 is 0. The molecule has 116 valence electrons. The summed E-state index contributed by atoms with van der Waals surface area (Å²) in [5.74, 6) is 1.70. The number of aromatic nitrogens is 3. The first-order valence-electron chi connectivity index (χ1n) is 8.10. The van der Waals surface area contributed by atoms with Crippen LogP contribution in [0.15, 0.2) is 36.7 Å². The van der Waals surface area contributed by atoms with E-state index < -0.39 is 0 Å². The van der Waals surface area contributed by atoms with Gasteiger partial charge in [-0.25, -0.2) is 4.98 Å². The van der Waals surface area contributed by atoms with Gasteiger partial charge >= 0.3 is 0 Å². The van der Waals surface area contributed by atoms with Crippen LogP contribution in [0.4, 0.5) is 11.8 Å². The van der Waals surface area contributed by atoms with Gasteiger partial charge in [-0.05, 0) is 43.9 Å². The third kappa shape index (κ3) is 3.53. The molecular formula is C17H23N5. The van der Waals surface area contributed by atoms with Crippen molar-refractivity contribution in [1.29, 1.82) is 0 Å². The second kappa shape index (κ2) is 7.20. The van der Waals surface area contributed by atoms with Gasteiger partial charge in [0.05, 0.1) is 12.2 Å². The van der Waals surface area contributed by atoms with E-state index in [-0.39, 0.29) is 0 Å². The van der Waals surface area contributed by atoms with Gasteiger partial charge < -0.3 is 10.2 Å². The van der Waals surface area contributed by atoms with Crippen LogP contribution in [0.1, 0.15) is 38.3 Å². The Morgan fingerprint density at radius 2 is 2.14 bits per heavy atom. The summed E-state index contributed by atoms with van der Waals surface area (Å²) in [4.78, 5) is 15.7. The van der Waals surface area contributed by atoms with Crippen molar-refractivity contribution in [2.75, 3.05) is 16.8 Å². The highest BCUT2D eigenvalue weighted by Gasteiger charge is 2.22. The van der Waals surface area contributed by atoms with Gasteiger partial charge in [-0.3, -0.25) is 4.98 Å². The molecule has 2 aromatic heterocycles. The van der Waals surface area contributed by atoms with E-state index in [2.05, 4.69) is 32.1 Å². The second-order valence-electron chi connectivity index (χ2n) is 5.66. The molecule has 2 aromatic rings. The quantitative estimate of drug-likeness (QED) is 0.918. The van der Waals surface area contributed by atoms with Crippen molar-refractivity contribution in [2.24, 2.45) is 0 Å². The van der Waals surface area contributed by atoms with E-state index in [9.17, 15) is 0 Å². The molecule has 0 aromatic carbocycles. The molecule has 1 aliphatic rings. The predicted molar refractivity (Wildman–Crippen MR) is 88.9 cm³/mol. The highest BCUT2D eigenvalue weighted by atomic mass is 15.2. The lowest BCUT2D eigenvalue weighted by atomic mass is 10.0.